The second-order valence-electron chi connectivity index (χ2n) is 32.0. The van der Waals surface area contributed by atoms with Crippen molar-refractivity contribution in [3.63, 3.8) is 0 Å². The Morgan fingerprint density at radius 3 is 1.13 bits per heavy atom. The Bertz CT molecular complexity index is 5340. The SMILES string of the molecule is CCc1cc(COc2ccc(C[C@]3(C(=O)N4CC[C@@H](N)C4)C[C@@H]3C(=O)NO)cc2F)c2ccccc2n1.CCc1cc(COc2ccc(C[C@]3(C(=O)N4CC[C@@H](NC(=O)C(F)(F)F)C4)C[C@@H]3C(=O)NO)cc2F)c2ccccc2n1.CCc1cc(COc2ccc(C[C@]3(C(=O)N4CC[C@H](N(C)C)C4)C[C@@H]3C(=O)NO)cc2F)c2ccccc2n1. The van der Waals surface area contributed by atoms with Crippen LogP contribution in [0, 0.1) is 51.5 Å². The maximum atomic E-state index is 15.2. The smallest absolute Gasteiger partial charge is 0.471 e. The number of aryl methyl sites for hydroxylation is 3. The number of likely N-dealkylation sites (N-methyl/N-ethyl adjacent to an activating group) is 1. The first kappa shape index (κ1) is 85.5. The van der Waals surface area contributed by atoms with E-state index in [0.717, 1.165) is 92.2 Å². The van der Waals surface area contributed by atoms with E-state index in [-0.39, 0.29) is 106 Å². The van der Waals surface area contributed by atoms with Gasteiger partial charge in [0.25, 0.3) is 0 Å². The third-order valence-corrected chi connectivity index (χ3v) is 23.9. The molecule has 119 heavy (non-hydrogen) atoms. The number of rotatable bonds is 26. The predicted octanol–water partition coefficient (Wildman–Crippen LogP) is 10.7. The van der Waals surface area contributed by atoms with Gasteiger partial charge in [-0.25, -0.2) is 29.6 Å². The first-order valence-electron chi connectivity index (χ1n) is 39.9. The van der Waals surface area contributed by atoms with E-state index < -0.39 is 93.2 Å². The number of para-hydroxylation sites is 3. The van der Waals surface area contributed by atoms with Crippen molar-refractivity contribution in [2.45, 2.75) is 142 Å². The summed E-state index contributed by atoms with van der Waals surface area (Å²) >= 11 is 0. The van der Waals surface area contributed by atoms with Gasteiger partial charge in [-0.2, -0.15) is 13.2 Å². The topological polar surface area (TPSA) is 334 Å². The number of ether oxygens (including phenoxy) is 3. The van der Waals surface area contributed by atoms with Crippen molar-refractivity contribution in [1.29, 1.82) is 0 Å². The van der Waals surface area contributed by atoms with Crippen LogP contribution in [0.25, 0.3) is 32.7 Å². The molecule has 0 spiro atoms. The molecule has 31 heteroatoms. The van der Waals surface area contributed by atoms with E-state index in [9.17, 15) is 57.1 Å². The van der Waals surface area contributed by atoms with Gasteiger partial charge in [-0.05, 0) is 181 Å². The Kier molecular flexibility index (Phi) is 25.9. The summed E-state index contributed by atoms with van der Waals surface area (Å²) < 4.78 is 101. The average Bonchev–Trinajstić information content (AvgIpc) is 1.57. The monoisotopic (exact) mass is 1640 g/mol. The predicted molar refractivity (Wildman–Crippen MR) is 425 cm³/mol. The van der Waals surface area contributed by atoms with Crippen LogP contribution >= 0.6 is 0 Å². The molecule has 9 N–H and O–H groups in total. The zero-order chi connectivity index (χ0) is 84.8. The van der Waals surface area contributed by atoms with Gasteiger partial charge in [-0.3, -0.25) is 64.1 Å². The van der Waals surface area contributed by atoms with Crippen molar-refractivity contribution in [2.24, 2.45) is 39.7 Å². The Morgan fingerprint density at radius 1 is 0.479 bits per heavy atom. The molecule has 9 atom stereocenters. The highest BCUT2D eigenvalue weighted by Crippen LogP contribution is 2.59. The van der Waals surface area contributed by atoms with E-state index in [1.54, 1.807) is 56.6 Å². The van der Waals surface area contributed by atoms with Crippen LogP contribution in [-0.4, -0.2) is 169 Å². The Hall–Kier alpha value is -11.4. The number of halogens is 6. The number of fused-ring (bicyclic) bond motifs is 3. The minimum atomic E-state index is -5.05. The lowest BCUT2D eigenvalue weighted by atomic mass is 9.91. The largest absolute Gasteiger partial charge is 0.486 e. The van der Waals surface area contributed by atoms with Crippen molar-refractivity contribution >= 4 is 74.1 Å². The van der Waals surface area contributed by atoms with Crippen LogP contribution in [0.4, 0.5) is 26.3 Å². The molecule has 3 saturated heterocycles. The van der Waals surface area contributed by atoms with Crippen LogP contribution < -0.4 is 41.7 Å². The van der Waals surface area contributed by atoms with Gasteiger partial charge in [0.2, 0.25) is 35.4 Å². The third kappa shape index (κ3) is 18.9. The number of amides is 7. The lowest BCUT2D eigenvalue weighted by Gasteiger charge is -2.25. The van der Waals surface area contributed by atoms with Gasteiger partial charge in [0.1, 0.15) is 19.8 Å². The standard InChI is InChI=1S/C30H30F4N4O5.C30H35FN4O4.C28H31FN4O4/c1-2-19-12-18(21-5-3-4-6-24(21)35-19)16-43-25-8-7-17(11-23(25)31)13-29(14-22(29)26(39)37-42)28(41)38-10-9-20(15-38)36-27(40)30(32,33)34;1-4-21-14-20(23-7-5-6-8-26(23)32-21)18-39-27-10-9-19(13-25(27)31)15-30(16-24(30)28(36)33-38)29(37)35-12-11-22(17-35)34(2)3;1-2-20-12-18(21-5-3-4-6-24(21)31-20)16-37-25-8-7-17(11-23(25)29)13-28(14-22(28)26(34)32-36)27(35)33-10-9-19(30)15-33/h3-8,11-12,20,22,42H,2,9-10,13-16H2,1H3,(H,36,40)(H,37,39);5-10,13-14,22,24,38H,4,11-12,15-18H2,1-3H3,(H,33,36);3-8,11-12,19,22,36H,2,9-10,13-16,30H2,1H3,(H,32,34)/t20-,22-,29+;22-,24+,30-;19-,22-,28+/m101/s1. The Morgan fingerprint density at radius 2 is 0.815 bits per heavy atom. The number of hydrogen-bond acceptors (Lipinski definition) is 18. The fraction of sp³-hybridized carbons (Fsp3) is 0.409. The minimum Gasteiger partial charge on any atom is -0.486 e. The zero-order valence-corrected chi connectivity index (χ0v) is 66.6. The lowest BCUT2D eigenvalue weighted by molar-refractivity contribution is -0.174. The summed E-state index contributed by atoms with van der Waals surface area (Å²) in [5.41, 5.74) is 17.2. The minimum absolute atomic E-state index is 0.00805. The molecule has 6 fully saturated rings. The number of nitrogens with two attached hydrogens (primary N) is 1. The van der Waals surface area contributed by atoms with Gasteiger partial charge < -0.3 is 44.9 Å². The molecule has 7 amide bonds. The molecule has 3 saturated carbocycles. The summed E-state index contributed by atoms with van der Waals surface area (Å²) in [5.74, 6) is -8.63. The fourth-order valence-electron chi connectivity index (χ4n) is 17.0. The van der Waals surface area contributed by atoms with Crippen molar-refractivity contribution in [3.05, 3.63) is 214 Å². The van der Waals surface area contributed by atoms with E-state index in [0.29, 0.717) is 62.1 Å². The molecule has 6 heterocycles. The number of nitrogens with one attached hydrogen (secondary N) is 4. The van der Waals surface area contributed by atoms with E-state index in [4.69, 9.17) is 25.2 Å². The van der Waals surface area contributed by atoms with Gasteiger partial charge in [0.15, 0.2) is 34.7 Å². The van der Waals surface area contributed by atoms with Crippen molar-refractivity contribution in [1.82, 2.24) is 56.3 Å². The van der Waals surface area contributed by atoms with Crippen molar-refractivity contribution < 1.29 is 89.7 Å². The quantitative estimate of drug-likeness (QED) is 0.0142. The second kappa shape index (κ2) is 36.1. The Balaban J connectivity index is 0.000000155. The Labute approximate surface area is 682 Å². The van der Waals surface area contributed by atoms with E-state index >= 15 is 13.2 Å². The number of carbonyl (C=O) groups is 7. The molecule has 25 nitrogen and oxygen atoms in total. The normalized spacial score (nSPS) is 22.2. The molecule has 15 rings (SSSR count). The van der Waals surface area contributed by atoms with E-state index in [1.165, 1.54) is 29.2 Å². The van der Waals surface area contributed by atoms with Crippen LogP contribution in [0.5, 0.6) is 17.2 Å². The van der Waals surface area contributed by atoms with Crippen molar-refractivity contribution in [3.8, 4) is 17.2 Å². The van der Waals surface area contributed by atoms with Gasteiger partial charge in [-0.1, -0.05) is 93.6 Å². The number of hydrogen-bond donors (Lipinski definition) is 8. The molecule has 3 aromatic heterocycles. The highest BCUT2D eigenvalue weighted by atomic mass is 19.4. The van der Waals surface area contributed by atoms with E-state index in [2.05, 4.69) is 19.9 Å². The fourth-order valence-corrected chi connectivity index (χ4v) is 17.0. The van der Waals surface area contributed by atoms with Gasteiger partial charge in [0.05, 0.1) is 50.5 Å². The summed E-state index contributed by atoms with van der Waals surface area (Å²) in [6.07, 6.45) is -0.103. The molecule has 628 valence electrons. The van der Waals surface area contributed by atoms with Gasteiger partial charge in [0, 0.05) is 107 Å². The number of aromatic nitrogens is 3. The first-order valence-corrected chi connectivity index (χ1v) is 39.9. The summed E-state index contributed by atoms with van der Waals surface area (Å²) in [5, 5.41) is 32.2. The van der Waals surface area contributed by atoms with Crippen LogP contribution in [0.3, 0.4) is 0 Å². The number of benzene rings is 6. The highest BCUT2D eigenvalue weighted by molar-refractivity contribution is 5.98. The zero-order valence-electron chi connectivity index (χ0n) is 66.6. The first-order chi connectivity index (χ1) is 57.0. The molecule has 6 aromatic carbocycles. The number of pyridine rings is 3. The number of carbonyl (C=O) groups excluding carboxylic acids is 7. The number of likely N-dealkylation sites (tertiary alicyclic amines) is 3. The van der Waals surface area contributed by atoms with Crippen LogP contribution in [0.1, 0.15) is 110 Å². The molecule has 3 aliphatic heterocycles. The summed E-state index contributed by atoms with van der Waals surface area (Å²) in [4.78, 5) is 109. The average molecular weight is 1640 g/mol. The second-order valence-corrected chi connectivity index (χ2v) is 32.0. The molecule has 3 aliphatic carbocycles. The molecular weight excluding hydrogens is 1550 g/mol. The summed E-state index contributed by atoms with van der Waals surface area (Å²) in [6, 6.07) is 41.9. The van der Waals surface area contributed by atoms with Crippen molar-refractivity contribution in [2.75, 3.05) is 53.4 Å². The summed E-state index contributed by atoms with van der Waals surface area (Å²) in [6.45, 7) is 8.58. The third-order valence-electron chi connectivity index (χ3n) is 23.9. The highest BCUT2D eigenvalue weighted by Gasteiger charge is 2.67. The van der Waals surface area contributed by atoms with Crippen LogP contribution in [0.2, 0.25) is 0 Å². The number of nitrogens with zero attached hydrogens (tertiary/aromatic N) is 7. The summed E-state index contributed by atoms with van der Waals surface area (Å²) in [7, 11) is 3.97. The maximum absolute atomic E-state index is 15.2. The van der Waals surface area contributed by atoms with E-state index in [1.807, 2.05) is 131 Å². The van der Waals surface area contributed by atoms with Gasteiger partial charge in [-0.15, -0.1) is 0 Å². The van der Waals surface area contributed by atoms with Crippen LogP contribution in [0.15, 0.2) is 146 Å². The van der Waals surface area contributed by atoms with Gasteiger partial charge >= 0.3 is 12.1 Å². The molecule has 0 bridgehead atoms. The van der Waals surface area contributed by atoms with Crippen LogP contribution in [-0.2, 0) is 91.9 Å². The molecular formula is C88H96F6N12O13. The molecule has 0 unspecified atom stereocenters. The molecule has 0 radical (unpaired) electrons. The lowest BCUT2D eigenvalue weighted by Crippen LogP contribution is -2.46. The molecule has 9 aromatic rings. The number of alkyl halides is 3. The molecule has 6 aliphatic rings. The maximum Gasteiger partial charge on any atom is 0.471 e. The number of hydroxylamine groups is 3.